The molecule has 0 radical (unpaired) electrons. The van der Waals surface area contributed by atoms with Crippen molar-refractivity contribution < 1.29 is 4.79 Å². The van der Waals surface area contributed by atoms with E-state index in [1.165, 1.54) is 49.7 Å². The van der Waals surface area contributed by atoms with E-state index < -0.39 is 0 Å². The van der Waals surface area contributed by atoms with Crippen molar-refractivity contribution in [3.63, 3.8) is 0 Å². The topological polar surface area (TPSA) is 20.3 Å². The average Bonchev–Trinajstić information content (AvgIpc) is 2.72. The molecule has 0 aromatic heterocycles. The number of aryl methyl sites for hydroxylation is 2. The predicted octanol–water partition coefficient (Wildman–Crippen LogP) is 4.53. The van der Waals surface area contributed by atoms with Crippen molar-refractivity contribution in [3.8, 4) is 0 Å². The van der Waals surface area contributed by atoms with Crippen LogP contribution in [0.2, 0.25) is 0 Å². The number of ketones is 1. The van der Waals surface area contributed by atoms with Crippen LogP contribution in [0.5, 0.6) is 0 Å². The van der Waals surface area contributed by atoms with Gasteiger partial charge >= 0.3 is 0 Å². The Hall–Kier alpha value is -1.15. The van der Waals surface area contributed by atoms with Crippen LogP contribution in [-0.4, -0.2) is 30.3 Å². The highest BCUT2D eigenvalue weighted by Crippen LogP contribution is 2.21. The fourth-order valence-electron chi connectivity index (χ4n) is 3.44. The summed E-state index contributed by atoms with van der Waals surface area (Å²) >= 11 is 0. The Bertz CT molecular complexity index is 452. The van der Waals surface area contributed by atoms with Crippen molar-refractivity contribution in [1.29, 1.82) is 0 Å². The molecule has 116 valence electrons. The van der Waals surface area contributed by atoms with Crippen molar-refractivity contribution in [1.82, 2.24) is 4.90 Å². The van der Waals surface area contributed by atoms with Gasteiger partial charge in [-0.1, -0.05) is 42.9 Å². The fraction of sp³-hybridized carbons (Fsp3) is 0.632. The van der Waals surface area contributed by atoms with Gasteiger partial charge in [-0.3, -0.25) is 4.79 Å². The second-order valence-electron chi connectivity index (χ2n) is 6.68. The van der Waals surface area contributed by atoms with Gasteiger partial charge in [-0.15, -0.1) is 0 Å². The Kier molecular flexibility index (Phi) is 5.98. The summed E-state index contributed by atoms with van der Waals surface area (Å²) in [5, 5.41) is 0. The summed E-state index contributed by atoms with van der Waals surface area (Å²) in [4.78, 5) is 14.8. The quantitative estimate of drug-likeness (QED) is 0.586. The first-order valence-electron chi connectivity index (χ1n) is 8.38. The molecule has 1 saturated carbocycles. The van der Waals surface area contributed by atoms with Crippen LogP contribution in [-0.2, 0) is 0 Å². The van der Waals surface area contributed by atoms with Crippen molar-refractivity contribution in [2.24, 2.45) is 0 Å². The molecule has 2 rings (SSSR count). The summed E-state index contributed by atoms with van der Waals surface area (Å²) in [7, 11) is 2.19. The summed E-state index contributed by atoms with van der Waals surface area (Å²) in [6.45, 7) is 5.00. The van der Waals surface area contributed by atoms with Gasteiger partial charge in [0.15, 0.2) is 5.78 Å². The minimum atomic E-state index is 0.280. The molecule has 0 N–H and O–H groups in total. The molecule has 2 nitrogen and oxygen atoms in total. The lowest BCUT2D eigenvalue weighted by Gasteiger charge is -2.26. The molecule has 1 fully saturated rings. The highest BCUT2D eigenvalue weighted by Gasteiger charge is 2.17. The number of Topliss-reactive ketones (excluding diaryl/α,β-unsaturated/α-hetero) is 1. The number of rotatable bonds is 5. The van der Waals surface area contributed by atoms with Crippen molar-refractivity contribution >= 4 is 5.78 Å². The first-order chi connectivity index (χ1) is 10.1. The van der Waals surface area contributed by atoms with Gasteiger partial charge in [0.2, 0.25) is 0 Å². The summed E-state index contributed by atoms with van der Waals surface area (Å²) < 4.78 is 0. The van der Waals surface area contributed by atoms with Crippen LogP contribution < -0.4 is 0 Å². The highest BCUT2D eigenvalue weighted by molar-refractivity contribution is 5.96. The molecular weight excluding hydrogens is 258 g/mol. The van der Waals surface area contributed by atoms with E-state index in [1.807, 2.05) is 12.1 Å². The van der Waals surface area contributed by atoms with Crippen molar-refractivity contribution in [2.75, 3.05) is 13.6 Å². The zero-order chi connectivity index (χ0) is 15.2. The molecule has 0 bridgehead atoms. The van der Waals surface area contributed by atoms with E-state index >= 15 is 0 Å². The zero-order valence-corrected chi connectivity index (χ0v) is 13.8. The van der Waals surface area contributed by atoms with Crippen LogP contribution in [0, 0.1) is 13.8 Å². The molecule has 1 aliphatic carbocycles. The third-order valence-corrected chi connectivity index (χ3v) is 4.68. The molecule has 1 aliphatic rings. The molecule has 0 spiro atoms. The Morgan fingerprint density at radius 3 is 2.19 bits per heavy atom. The monoisotopic (exact) mass is 287 g/mol. The highest BCUT2D eigenvalue weighted by atomic mass is 16.1. The Morgan fingerprint density at radius 1 is 1.05 bits per heavy atom. The van der Waals surface area contributed by atoms with Gasteiger partial charge in [0.1, 0.15) is 0 Å². The zero-order valence-electron chi connectivity index (χ0n) is 13.8. The lowest BCUT2D eigenvalue weighted by molar-refractivity contribution is 0.0957. The molecule has 0 amide bonds. The van der Waals surface area contributed by atoms with Crippen LogP contribution in [0.4, 0.5) is 0 Å². The second-order valence-corrected chi connectivity index (χ2v) is 6.68. The molecule has 21 heavy (non-hydrogen) atoms. The number of carbonyl (C=O) groups is 1. The number of hydrogen-bond acceptors (Lipinski definition) is 2. The molecule has 0 unspecified atom stereocenters. The third-order valence-electron chi connectivity index (χ3n) is 4.68. The largest absolute Gasteiger partial charge is 0.303 e. The van der Waals surface area contributed by atoms with Gasteiger partial charge in [0, 0.05) is 24.6 Å². The van der Waals surface area contributed by atoms with Crippen LogP contribution in [0.3, 0.4) is 0 Å². The molecular formula is C19H29NO. The smallest absolute Gasteiger partial charge is 0.164 e. The summed E-state index contributed by atoms with van der Waals surface area (Å²) in [5.41, 5.74) is 3.23. The number of carbonyl (C=O) groups excluding carboxylic acids is 1. The van der Waals surface area contributed by atoms with Crippen LogP contribution in [0.1, 0.15) is 66.4 Å². The van der Waals surface area contributed by atoms with E-state index in [0.717, 1.165) is 12.1 Å². The standard InChI is InChI=1S/C19H29NO/c1-15-12-16(2)14-17(13-15)19(21)10-11-20(3)18-8-6-4-5-7-9-18/h12-14,18H,4-11H2,1-3H3. The van der Waals surface area contributed by atoms with E-state index in [-0.39, 0.29) is 5.78 Å². The number of nitrogens with zero attached hydrogens (tertiary/aromatic N) is 1. The maximum atomic E-state index is 12.4. The first kappa shape index (κ1) is 16.2. The summed E-state index contributed by atoms with van der Waals surface area (Å²) in [6, 6.07) is 6.83. The second kappa shape index (κ2) is 7.74. The Balaban J connectivity index is 1.87. The molecule has 0 heterocycles. The van der Waals surface area contributed by atoms with Gasteiger partial charge in [0.25, 0.3) is 0 Å². The van der Waals surface area contributed by atoms with Gasteiger partial charge < -0.3 is 4.90 Å². The lowest BCUT2D eigenvalue weighted by Crippen LogP contribution is -2.33. The SMILES string of the molecule is Cc1cc(C)cc(C(=O)CCN(C)C2CCCCCC2)c1. The summed E-state index contributed by atoms with van der Waals surface area (Å²) in [6.07, 6.45) is 8.69. The molecule has 1 aromatic rings. The Morgan fingerprint density at radius 2 is 1.62 bits per heavy atom. The average molecular weight is 287 g/mol. The molecule has 0 aliphatic heterocycles. The van der Waals surface area contributed by atoms with E-state index in [9.17, 15) is 4.79 Å². The van der Waals surface area contributed by atoms with E-state index in [4.69, 9.17) is 0 Å². The van der Waals surface area contributed by atoms with Crippen molar-refractivity contribution in [3.05, 3.63) is 34.9 Å². The third kappa shape index (κ3) is 4.96. The normalized spacial score (nSPS) is 17.0. The van der Waals surface area contributed by atoms with Gasteiger partial charge in [-0.25, -0.2) is 0 Å². The molecule has 0 saturated heterocycles. The summed E-state index contributed by atoms with van der Waals surface area (Å²) in [5.74, 6) is 0.280. The predicted molar refractivity (Wildman–Crippen MR) is 89.0 cm³/mol. The van der Waals surface area contributed by atoms with Gasteiger partial charge in [-0.2, -0.15) is 0 Å². The first-order valence-corrected chi connectivity index (χ1v) is 8.38. The number of hydrogen-bond donors (Lipinski definition) is 0. The van der Waals surface area contributed by atoms with Crippen LogP contribution in [0.15, 0.2) is 18.2 Å². The fourth-order valence-corrected chi connectivity index (χ4v) is 3.44. The molecule has 1 aromatic carbocycles. The van der Waals surface area contributed by atoms with Crippen molar-refractivity contribution in [2.45, 2.75) is 64.8 Å². The maximum Gasteiger partial charge on any atom is 0.164 e. The lowest BCUT2D eigenvalue weighted by atomic mass is 10.0. The Labute approximate surface area is 129 Å². The molecule has 2 heteroatoms. The van der Waals surface area contributed by atoms with Crippen LogP contribution in [0.25, 0.3) is 0 Å². The minimum absolute atomic E-state index is 0.280. The maximum absolute atomic E-state index is 12.4. The number of benzene rings is 1. The molecule has 0 atom stereocenters. The van der Waals surface area contributed by atoms with E-state index in [1.54, 1.807) is 0 Å². The van der Waals surface area contributed by atoms with Gasteiger partial charge in [0.05, 0.1) is 0 Å². The minimum Gasteiger partial charge on any atom is -0.303 e. The van der Waals surface area contributed by atoms with Crippen LogP contribution >= 0.6 is 0 Å². The van der Waals surface area contributed by atoms with E-state index in [2.05, 4.69) is 31.9 Å². The van der Waals surface area contributed by atoms with E-state index in [0.29, 0.717) is 12.5 Å². The van der Waals surface area contributed by atoms with Gasteiger partial charge in [-0.05, 0) is 45.9 Å².